The average molecular weight is 243 g/mol. The van der Waals surface area contributed by atoms with Gasteiger partial charge < -0.3 is 16.4 Å². The molecule has 0 spiro atoms. The van der Waals surface area contributed by atoms with Crippen molar-refractivity contribution in [3.8, 4) is 0 Å². The third-order valence-corrected chi connectivity index (χ3v) is 2.49. The molecule has 1 aromatic carbocycles. The van der Waals surface area contributed by atoms with Crippen molar-refractivity contribution >= 4 is 23.7 Å². The lowest BCUT2D eigenvalue weighted by Gasteiger charge is -2.19. The molecule has 92 valence electrons. The van der Waals surface area contributed by atoms with Crippen LogP contribution in [-0.4, -0.2) is 16.4 Å². The predicted molar refractivity (Wildman–Crippen MR) is 69.5 cm³/mol. The Labute approximate surface area is 104 Å². The fourth-order valence-electron chi connectivity index (χ4n) is 1.65. The molecule has 6 heteroatoms. The largest absolute Gasteiger partial charge is 0.382 e. The van der Waals surface area contributed by atoms with Crippen LogP contribution in [-0.2, 0) is 11.3 Å². The maximum atomic E-state index is 11.2. The smallest absolute Gasteiger partial charge is 0.214 e. The average Bonchev–Trinajstić information content (AvgIpc) is 2.38. The Morgan fingerprint density at radius 1 is 1.11 bits per heavy atom. The van der Waals surface area contributed by atoms with Crippen molar-refractivity contribution in [2.75, 3.05) is 16.4 Å². The van der Waals surface area contributed by atoms with Crippen LogP contribution in [0.5, 0.6) is 0 Å². The Morgan fingerprint density at radius 3 is 2.28 bits per heavy atom. The van der Waals surface area contributed by atoms with E-state index >= 15 is 0 Å². The Bertz CT molecular complexity index is 523. The molecule has 18 heavy (non-hydrogen) atoms. The van der Waals surface area contributed by atoms with E-state index in [2.05, 4.69) is 9.97 Å². The molecular formula is C12H13N5O. The molecule has 0 radical (unpaired) electrons. The highest BCUT2D eigenvalue weighted by molar-refractivity contribution is 5.87. The summed E-state index contributed by atoms with van der Waals surface area (Å²) < 4.78 is 0. The van der Waals surface area contributed by atoms with Crippen molar-refractivity contribution in [2.45, 2.75) is 6.54 Å². The van der Waals surface area contributed by atoms with Crippen molar-refractivity contribution < 1.29 is 4.79 Å². The van der Waals surface area contributed by atoms with E-state index in [9.17, 15) is 4.79 Å². The van der Waals surface area contributed by atoms with Gasteiger partial charge >= 0.3 is 0 Å². The first-order valence-electron chi connectivity index (χ1n) is 5.34. The van der Waals surface area contributed by atoms with Crippen LogP contribution < -0.4 is 16.4 Å². The zero-order valence-electron chi connectivity index (χ0n) is 9.65. The Kier molecular flexibility index (Phi) is 3.38. The first-order valence-corrected chi connectivity index (χ1v) is 5.34. The van der Waals surface area contributed by atoms with E-state index in [1.165, 1.54) is 11.2 Å². The number of nitrogens with zero attached hydrogens (tertiary/aromatic N) is 3. The summed E-state index contributed by atoms with van der Waals surface area (Å²) in [5.74, 6) is 0.371. The second kappa shape index (κ2) is 5.13. The number of amides is 1. The quantitative estimate of drug-likeness (QED) is 0.774. The number of hydrogen-bond donors (Lipinski definition) is 2. The van der Waals surface area contributed by atoms with Crippen LogP contribution in [0, 0.1) is 0 Å². The molecule has 0 atom stereocenters. The van der Waals surface area contributed by atoms with Gasteiger partial charge in [0.1, 0.15) is 12.0 Å². The van der Waals surface area contributed by atoms with Crippen molar-refractivity contribution in [3.05, 3.63) is 42.2 Å². The minimum atomic E-state index is 0.186. The van der Waals surface area contributed by atoms with Gasteiger partial charge in [-0.05, 0) is 5.56 Å². The van der Waals surface area contributed by atoms with Gasteiger partial charge in [-0.2, -0.15) is 0 Å². The van der Waals surface area contributed by atoms with E-state index in [0.717, 1.165) is 5.56 Å². The number of rotatable bonds is 4. The van der Waals surface area contributed by atoms with Crippen LogP contribution in [0.1, 0.15) is 5.56 Å². The van der Waals surface area contributed by atoms with E-state index in [-0.39, 0.29) is 11.6 Å². The van der Waals surface area contributed by atoms with Gasteiger partial charge in [0.05, 0.1) is 6.54 Å². The fraction of sp³-hybridized carbons (Fsp3) is 0.0833. The van der Waals surface area contributed by atoms with Gasteiger partial charge in [-0.25, -0.2) is 9.97 Å². The minimum Gasteiger partial charge on any atom is -0.382 e. The first-order chi connectivity index (χ1) is 8.72. The van der Waals surface area contributed by atoms with E-state index in [4.69, 9.17) is 11.5 Å². The van der Waals surface area contributed by atoms with Crippen molar-refractivity contribution in [3.63, 3.8) is 0 Å². The van der Waals surface area contributed by atoms with Crippen molar-refractivity contribution in [1.29, 1.82) is 0 Å². The van der Waals surface area contributed by atoms with Crippen molar-refractivity contribution in [2.24, 2.45) is 0 Å². The molecule has 0 fully saturated rings. The number of hydrogen-bond acceptors (Lipinski definition) is 5. The number of nitrogen functional groups attached to an aromatic ring is 2. The molecule has 0 saturated carbocycles. The summed E-state index contributed by atoms with van der Waals surface area (Å²) in [7, 11) is 0. The maximum absolute atomic E-state index is 11.2. The van der Waals surface area contributed by atoms with Gasteiger partial charge in [0.15, 0.2) is 11.6 Å². The maximum Gasteiger partial charge on any atom is 0.214 e. The minimum absolute atomic E-state index is 0.186. The normalized spacial score (nSPS) is 10.0. The molecule has 0 aliphatic carbocycles. The number of benzene rings is 1. The number of aromatic nitrogens is 2. The molecule has 0 aliphatic heterocycles. The van der Waals surface area contributed by atoms with Gasteiger partial charge in [0.25, 0.3) is 0 Å². The van der Waals surface area contributed by atoms with E-state index in [1.54, 1.807) is 0 Å². The molecule has 0 saturated heterocycles. The molecular weight excluding hydrogens is 230 g/mol. The molecule has 4 N–H and O–H groups in total. The van der Waals surface area contributed by atoms with E-state index < -0.39 is 0 Å². The number of carbonyl (C=O) groups excluding carboxylic acids is 1. The van der Waals surface area contributed by atoms with Crippen molar-refractivity contribution in [1.82, 2.24) is 9.97 Å². The fourth-order valence-corrected chi connectivity index (χ4v) is 1.65. The zero-order chi connectivity index (χ0) is 13.0. The third kappa shape index (κ3) is 2.37. The molecule has 2 aromatic rings. The summed E-state index contributed by atoms with van der Waals surface area (Å²) in [6.45, 7) is 0.367. The lowest BCUT2D eigenvalue weighted by molar-refractivity contribution is -0.107. The monoisotopic (exact) mass is 243 g/mol. The number of nitrogens with two attached hydrogens (primary N) is 2. The molecule has 6 nitrogen and oxygen atoms in total. The van der Waals surface area contributed by atoms with Crippen LogP contribution >= 0.6 is 0 Å². The molecule has 0 bridgehead atoms. The predicted octanol–water partition coefficient (Wildman–Crippen LogP) is 0.804. The molecule has 0 unspecified atom stereocenters. The highest BCUT2D eigenvalue weighted by Gasteiger charge is 2.14. The van der Waals surface area contributed by atoms with Gasteiger partial charge in [-0.15, -0.1) is 0 Å². The van der Waals surface area contributed by atoms with E-state index in [0.29, 0.717) is 18.6 Å². The Morgan fingerprint density at radius 2 is 1.72 bits per heavy atom. The summed E-state index contributed by atoms with van der Waals surface area (Å²) in [5.41, 5.74) is 12.7. The van der Waals surface area contributed by atoms with Crippen LogP contribution in [0.2, 0.25) is 0 Å². The summed E-state index contributed by atoms with van der Waals surface area (Å²) in [4.78, 5) is 20.2. The van der Waals surface area contributed by atoms with Crippen LogP contribution in [0.25, 0.3) is 0 Å². The first kappa shape index (κ1) is 11.8. The zero-order valence-corrected chi connectivity index (χ0v) is 9.65. The highest BCUT2D eigenvalue weighted by Crippen LogP contribution is 2.26. The summed E-state index contributed by atoms with van der Waals surface area (Å²) in [6.07, 6.45) is 1.93. The molecule has 1 amide bonds. The lowest BCUT2D eigenvalue weighted by atomic mass is 10.2. The summed E-state index contributed by atoms with van der Waals surface area (Å²) >= 11 is 0. The third-order valence-electron chi connectivity index (χ3n) is 2.49. The molecule has 1 aromatic heterocycles. The standard InChI is InChI=1S/C12H13N5O/c13-11-10(12(14)16-7-15-11)17(8-18)6-9-4-2-1-3-5-9/h1-5,7-8H,6H2,(H4,13,14,15,16). The van der Waals surface area contributed by atoms with Gasteiger partial charge in [0, 0.05) is 0 Å². The highest BCUT2D eigenvalue weighted by atomic mass is 16.1. The Hall–Kier alpha value is -2.63. The SMILES string of the molecule is Nc1ncnc(N)c1N(C=O)Cc1ccccc1. The second-order valence-electron chi connectivity index (χ2n) is 3.71. The lowest BCUT2D eigenvalue weighted by Crippen LogP contribution is -2.23. The molecule has 1 heterocycles. The summed E-state index contributed by atoms with van der Waals surface area (Å²) in [5, 5.41) is 0. The van der Waals surface area contributed by atoms with E-state index in [1.807, 2.05) is 30.3 Å². The Balaban J connectivity index is 2.32. The number of anilines is 3. The van der Waals surface area contributed by atoms with Crippen LogP contribution in [0.3, 0.4) is 0 Å². The van der Waals surface area contributed by atoms with Crippen LogP contribution in [0.4, 0.5) is 17.3 Å². The second-order valence-corrected chi connectivity index (χ2v) is 3.71. The van der Waals surface area contributed by atoms with Crippen LogP contribution in [0.15, 0.2) is 36.7 Å². The summed E-state index contributed by atoms with van der Waals surface area (Å²) in [6, 6.07) is 9.52. The molecule has 2 rings (SSSR count). The number of carbonyl (C=O) groups is 1. The van der Waals surface area contributed by atoms with Gasteiger partial charge in [-0.3, -0.25) is 4.79 Å². The molecule has 0 aliphatic rings. The topological polar surface area (TPSA) is 98.1 Å². The van der Waals surface area contributed by atoms with Gasteiger partial charge in [-0.1, -0.05) is 30.3 Å². The van der Waals surface area contributed by atoms with Gasteiger partial charge in [0.2, 0.25) is 6.41 Å².